The quantitative estimate of drug-likeness (QED) is 0.555. The predicted molar refractivity (Wildman–Crippen MR) is 62.2 cm³/mol. The molecule has 0 aliphatic heterocycles. The molecule has 1 aromatic rings. The molecule has 3 N–H and O–H groups in total. The van der Waals surface area contributed by atoms with E-state index in [0.717, 1.165) is 6.42 Å². The summed E-state index contributed by atoms with van der Waals surface area (Å²) in [7, 11) is 0. The van der Waals surface area contributed by atoms with Gasteiger partial charge in [-0.05, 0) is 18.4 Å². The molecule has 0 saturated heterocycles. The maximum Gasteiger partial charge on any atom is 0.249 e. The van der Waals surface area contributed by atoms with Gasteiger partial charge in [0.2, 0.25) is 10.9 Å². The van der Waals surface area contributed by atoms with Gasteiger partial charge in [0.1, 0.15) is 0 Å². The number of nitrogens with two attached hydrogens (primary N) is 1. The lowest BCUT2D eigenvalue weighted by atomic mass is 9.82. The zero-order valence-electron chi connectivity index (χ0n) is 9.52. The molecular formula is C11H18N2O2. The normalized spacial score (nSPS) is 12.0. The average molecular weight is 210 g/mol. The summed E-state index contributed by atoms with van der Waals surface area (Å²) >= 11 is 0. The Morgan fingerprint density at radius 2 is 1.80 bits per heavy atom. The van der Waals surface area contributed by atoms with Crippen molar-refractivity contribution in [2.75, 3.05) is 18.4 Å². The highest BCUT2D eigenvalue weighted by atomic mass is 16.2. The van der Waals surface area contributed by atoms with Gasteiger partial charge in [-0.25, -0.2) is 0 Å². The van der Waals surface area contributed by atoms with E-state index >= 15 is 0 Å². The van der Waals surface area contributed by atoms with Crippen LogP contribution in [0.25, 0.3) is 0 Å². The molecule has 0 amide bonds. The van der Waals surface area contributed by atoms with E-state index in [4.69, 9.17) is 5.73 Å². The highest BCUT2D eigenvalue weighted by Gasteiger charge is 2.29. The van der Waals surface area contributed by atoms with Gasteiger partial charge in [0, 0.05) is 12.1 Å². The van der Waals surface area contributed by atoms with Gasteiger partial charge in [0.15, 0.2) is 0 Å². The van der Waals surface area contributed by atoms with Crippen LogP contribution in [-0.4, -0.2) is 13.1 Å². The molecule has 0 fully saturated rings. The topological polar surface area (TPSA) is 72.2 Å². The fourth-order valence-corrected chi connectivity index (χ4v) is 1.59. The number of hydrogen-bond acceptors (Lipinski definition) is 4. The van der Waals surface area contributed by atoms with Crippen LogP contribution in [0.15, 0.2) is 9.59 Å². The molecule has 0 aromatic heterocycles. The Labute approximate surface area is 89.2 Å². The zero-order valence-corrected chi connectivity index (χ0v) is 9.52. The summed E-state index contributed by atoms with van der Waals surface area (Å²) in [6, 6.07) is 0. The second kappa shape index (κ2) is 4.14. The Kier molecular flexibility index (Phi) is 3.29. The van der Waals surface area contributed by atoms with Crippen molar-refractivity contribution in [2.24, 2.45) is 5.73 Å². The van der Waals surface area contributed by atoms with Crippen molar-refractivity contribution in [2.45, 2.75) is 32.6 Å². The lowest BCUT2D eigenvalue weighted by Crippen LogP contribution is -2.43. The van der Waals surface area contributed by atoms with Gasteiger partial charge >= 0.3 is 0 Å². The molecule has 1 rings (SSSR count). The summed E-state index contributed by atoms with van der Waals surface area (Å²) in [5.41, 5.74) is 5.44. The standard InChI is InChI=1S/C11H18N2O2/c1-11(2,3)7-8(10(15)9(7)14)13-6-4-5-12/h13H,4-6,12H2,1-3H3. The molecular weight excluding hydrogens is 192 g/mol. The van der Waals surface area contributed by atoms with E-state index in [0.29, 0.717) is 24.3 Å². The Morgan fingerprint density at radius 3 is 2.27 bits per heavy atom. The van der Waals surface area contributed by atoms with E-state index in [1.54, 1.807) is 0 Å². The number of rotatable bonds is 4. The summed E-state index contributed by atoms with van der Waals surface area (Å²) in [5, 5.41) is 2.99. The molecule has 15 heavy (non-hydrogen) atoms. The Bertz CT molecular complexity index is 409. The SMILES string of the molecule is CC(C)(C)c1c(NCCCN)c(=O)c1=O. The van der Waals surface area contributed by atoms with Crippen LogP contribution in [0.1, 0.15) is 32.8 Å². The van der Waals surface area contributed by atoms with Crippen LogP contribution in [0.5, 0.6) is 0 Å². The molecule has 0 aliphatic rings. The number of nitrogens with one attached hydrogen (secondary N) is 1. The fourth-order valence-electron chi connectivity index (χ4n) is 1.59. The van der Waals surface area contributed by atoms with Gasteiger partial charge in [-0.1, -0.05) is 20.8 Å². The molecule has 0 spiro atoms. The van der Waals surface area contributed by atoms with Crippen molar-refractivity contribution in [1.29, 1.82) is 0 Å². The maximum absolute atomic E-state index is 11.4. The summed E-state index contributed by atoms with van der Waals surface area (Å²) < 4.78 is 0. The van der Waals surface area contributed by atoms with Crippen LogP contribution in [0.3, 0.4) is 0 Å². The van der Waals surface area contributed by atoms with E-state index < -0.39 is 5.43 Å². The predicted octanol–water partition coefficient (Wildman–Crippen LogP) is 0.341. The third-order valence-electron chi connectivity index (χ3n) is 2.34. The Hall–Kier alpha value is -1.16. The first-order valence-electron chi connectivity index (χ1n) is 5.17. The zero-order chi connectivity index (χ0) is 11.6. The first kappa shape index (κ1) is 11.9. The van der Waals surface area contributed by atoms with Gasteiger partial charge in [-0.2, -0.15) is 0 Å². The minimum Gasteiger partial charge on any atom is -0.381 e. The minimum absolute atomic E-state index is 0.268. The average Bonchev–Trinajstić information content (AvgIpc) is 2.13. The summed E-state index contributed by atoms with van der Waals surface area (Å²) in [5.74, 6) is 0. The first-order chi connectivity index (χ1) is 6.89. The van der Waals surface area contributed by atoms with E-state index in [9.17, 15) is 9.59 Å². The lowest BCUT2D eigenvalue weighted by Gasteiger charge is -2.24. The molecule has 4 heteroatoms. The molecule has 84 valence electrons. The third kappa shape index (κ3) is 2.26. The Morgan fingerprint density at radius 1 is 1.20 bits per heavy atom. The molecule has 1 aromatic carbocycles. The van der Waals surface area contributed by atoms with Gasteiger partial charge in [0.25, 0.3) is 0 Å². The summed E-state index contributed by atoms with van der Waals surface area (Å²) in [6.45, 7) is 7.00. The summed E-state index contributed by atoms with van der Waals surface area (Å²) in [4.78, 5) is 22.7. The molecule has 0 unspecified atom stereocenters. The number of anilines is 1. The maximum atomic E-state index is 11.4. The molecule has 0 saturated carbocycles. The highest BCUT2D eigenvalue weighted by molar-refractivity contribution is 5.59. The fraction of sp³-hybridized carbons (Fsp3) is 0.636. The van der Waals surface area contributed by atoms with Crippen molar-refractivity contribution >= 4 is 5.69 Å². The number of hydrogen-bond donors (Lipinski definition) is 2. The second-order valence-corrected chi connectivity index (χ2v) is 4.73. The van der Waals surface area contributed by atoms with Crippen LogP contribution in [0.2, 0.25) is 0 Å². The largest absolute Gasteiger partial charge is 0.381 e. The van der Waals surface area contributed by atoms with Crippen LogP contribution in [0, 0.1) is 0 Å². The van der Waals surface area contributed by atoms with E-state index in [1.165, 1.54) is 0 Å². The first-order valence-corrected chi connectivity index (χ1v) is 5.17. The molecule has 0 heterocycles. The van der Waals surface area contributed by atoms with E-state index in [2.05, 4.69) is 5.32 Å². The van der Waals surface area contributed by atoms with Gasteiger partial charge in [0.05, 0.1) is 5.69 Å². The monoisotopic (exact) mass is 210 g/mol. The van der Waals surface area contributed by atoms with Crippen molar-refractivity contribution in [1.82, 2.24) is 0 Å². The van der Waals surface area contributed by atoms with E-state index in [1.807, 2.05) is 20.8 Å². The van der Waals surface area contributed by atoms with Crippen LogP contribution in [-0.2, 0) is 5.41 Å². The van der Waals surface area contributed by atoms with Crippen molar-refractivity contribution in [3.63, 3.8) is 0 Å². The van der Waals surface area contributed by atoms with Crippen molar-refractivity contribution in [3.05, 3.63) is 26.0 Å². The molecule has 0 bridgehead atoms. The third-order valence-corrected chi connectivity index (χ3v) is 2.34. The van der Waals surface area contributed by atoms with Crippen molar-refractivity contribution < 1.29 is 0 Å². The minimum atomic E-state index is -0.392. The van der Waals surface area contributed by atoms with Gasteiger partial charge in [-0.15, -0.1) is 0 Å². The lowest BCUT2D eigenvalue weighted by molar-refractivity contribution is 0.580. The van der Waals surface area contributed by atoms with Crippen LogP contribution in [0.4, 0.5) is 5.69 Å². The van der Waals surface area contributed by atoms with Gasteiger partial charge < -0.3 is 11.1 Å². The van der Waals surface area contributed by atoms with Crippen molar-refractivity contribution in [3.8, 4) is 0 Å². The molecule has 0 aliphatic carbocycles. The van der Waals surface area contributed by atoms with Crippen LogP contribution < -0.4 is 21.9 Å². The van der Waals surface area contributed by atoms with Gasteiger partial charge in [-0.3, -0.25) is 9.59 Å². The Balaban J connectivity index is 2.86. The highest BCUT2D eigenvalue weighted by Crippen LogP contribution is 2.25. The smallest absolute Gasteiger partial charge is 0.249 e. The molecule has 0 atom stereocenters. The van der Waals surface area contributed by atoms with Crippen LogP contribution >= 0.6 is 0 Å². The summed E-state index contributed by atoms with van der Waals surface area (Å²) in [6.07, 6.45) is 0.794. The molecule has 4 nitrogen and oxygen atoms in total. The van der Waals surface area contributed by atoms with E-state index in [-0.39, 0.29) is 10.8 Å². The molecule has 0 radical (unpaired) electrons. The second-order valence-electron chi connectivity index (χ2n) is 4.73.